The smallest absolute Gasteiger partial charge is 0.478 e. The molecule has 0 heterocycles. The second kappa shape index (κ2) is 8.36. The topological polar surface area (TPSA) is 65.0 Å². The molecule has 0 saturated heterocycles. The molecular formula is C9H18O5Si. The quantitative estimate of drug-likeness (QED) is 0.572. The minimum Gasteiger partial charge on any atom is -0.478 e. The maximum atomic E-state index is 9.60. The summed E-state index contributed by atoms with van der Waals surface area (Å²) in [6.45, 7) is 8.13. The van der Waals surface area contributed by atoms with Gasteiger partial charge in [-0.2, -0.15) is 0 Å². The van der Waals surface area contributed by atoms with Gasteiger partial charge >= 0.3 is 14.8 Å². The predicted octanol–water partition coefficient (Wildman–Crippen LogP) is 1.24. The first-order chi connectivity index (χ1) is 6.89. The maximum absolute atomic E-state index is 9.60. The van der Waals surface area contributed by atoms with Gasteiger partial charge < -0.3 is 18.4 Å². The largest absolute Gasteiger partial charge is 0.528 e. The molecule has 0 aromatic carbocycles. The van der Waals surface area contributed by atoms with Crippen LogP contribution in [0.4, 0.5) is 0 Å². The molecule has 0 aromatic heterocycles. The van der Waals surface area contributed by atoms with Gasteiger partial charge in [-0.1, -0.05) is 13.2 Å². The van der Waals surface area contributed by atoms with Gasteiger partial charge in [-0.05, 0) is 12.6 Å². The first-order valence-electron chi connectivity index (χ1n) is 4.07. The predicted molar refractivity (Wildman–Crippen MR) is 59.4 cm³/mol. The third-order valence-corrected chi connectivity index (χ3v) is 3.68. The number of hydrogen-bond acceptors (Lipinski definition) is 4. The third kappa shape index (κ3) is 7.03. The van der Waals surface area contributed by atoms with Crippen LogP contribution in [0.3, 0.4) is 0 Å². The van der Waals surface area contributed by atoms with Crippen LogP contribution < -0.4 is 0 Å². The van der Waals surface area contributed by atoms with Gasteiger partial charge in [0, 0.05) is 26.9 Å². The van der Waals surface area contributed by atoms with E-state index in [1.807, 2.05) is 0 Å². The van der Waals surface area contributed by atoms with Crippen molar-refractivity contribution in [2.75, 3.05) is 21.3 Å². The number of hydrogen-bond donors (Lipinski definition) is 1. The Morgan fingerprint density at radius 2 is 1.53 bits per heavy atom. The Labute approximate surface area is 91.3 Å². The van der Waals surface area contributed by atoms with E-state index in [4.69, 9.17) is 18.4 Å². The highest BCUT2D eigenvalue weighted by Gasteiger charge is 2.33. The summed E-state index contributed by atoms with van der Waals surface area (Å²) in [6, 6.07) is 0. The molecule has 0 radical (unpaired) electrons. The summed E-state index contributed by atoms with van der Waals surface area (Å²) in [5, 5.41) is 7.89. The van der Waals surface area contributed by atoms with E-state index in [2.05, 4.69) is 13.2 Å². The summed E-state index contributed by atoms with van der Waals surface area (Å²) < 4.78 is 14.9. The van der Waals surface area contributed by atoms with Crippen LogP contribution >= 0.6 is 0 Å². The number of carboxylic acids is 1. The average Bonchev–Trinajstić information content (AvgIpc) is 2.23. The molecule has 0 aliphatic heterocycles. The van der Waals surface area contributed by atoms with Crippen molar-refractivity contribution in [3.8, 4) is 0 Å². The molecule has 88 valence electrons. The molecule has 0 spiro atoms. The minimum absolute atomic E-state index is 0.176. The first kappa shape index (κ1) is 16.5. The molecule has 15 heavy (non-hydrogen) atoms. The zero-order valence-electron chi connectivity index (χ0n) is 9.57. The van der Waals surface area contributed by atoms with Gasteiger partial charge in [0.2, 0.25) is 0 Å². The van der Waals surface area contributed by atoms with Crippen LogP contribution in [0.15, 0.2) is 24.4 Å². The van der Waals surface area contributed by atoms with Crippen molar-refractivity contribution in [2.24, 2.45) is 0 Å². The zero-order chi connectivity index (χ0) is 12.5. The van der Waals surface area contributed by atoms with E-state index in [0.717, 1.165) is 0 Å². The lowest BCUT2D eigenvalue weighted by atomic mass is 10.4. The van der Waals surface area contributed by atoms with E-state index in [9.17, 15) is 4.79 Å². The lowest BCUT2D eigenvalue weighted by Gasteiger charge is -2.19. The van der Waals surface area contributed by atoms with Crippen molar-refractivity contribution in [1.82, 2.24) is 0 Å². The van der Waals surface area contributed by atoms with E-state index in [1.165, 1.54) is 6.92 Å². The second-order valence-corrected chi connectivity index (χ2v) is 5.35. The van der Waals surface area contributed by atoms with E-state index in [-0.39, 0.29) is 5.57 Å². The molecule has 0 aliphatic rings. The highest BCUT2D eigenvalue weighted by Crippen LogP contribution is 2.04. The van der Waals surface area contributed by atoms with Gasteiger partial charge in [-0.3, -0.25) is 0 Å². The minimum atomic E-state index is -2.43. The average molecular weight is 234 g/mol. The number of rotatable bonds is 5. The van der Waals surface area contributed by atoms with Crippen LogP contribution in [0.2, 0.25) is 0 Å². The highest BCUT2D eigenvalue weighted by molar-refractivity contribution is 6.66. The molecule has 6 heteroatoms. The van der Waals surface area contributed by atoms with Gasteiger partial charge in [0.1, 0.15) is 0 Å². The summed E-state index contributed by atoms with van der Waals surface area (Å²) in [6.07, 6.45) is 0. The Kier molecular flexibility index (Phi) is 9.19. The van der Waals surface area contributed by atoms with E-state index in [1.54, 1.807) is 27.0 Å². The summed E-state index contributed by atoms with van der Waals surface area (Å²) in [7, 11) is 2.20. The summed E-state index contributed by atoms with van der Waals surface area (Å²) in [5.74, 6) is -0.935. The van der Waals surface area contributed by atoms with Crippen LogP contribution in [0.1, 0.15) is 6.92 Å². The summed E-state index contributed by atoms with van der Waals surface area (Å²) in [4.78, 5) is 9.60. The second-order valence-electron chi connectivity index (χ2n) is 2.51. The maximum Gasteiger partial charge on any atom is 0.528 e. The zero-order valence-corrected chi connectivity index (χ0v) is 10.6. The van der Waals surface area contributed by atoms with Crippen LogP contribution in [-0.4, -0.2) is 41.2 Å². The Morgan fingerprint density at radius 3 is 1.53 bits per heavy atom. The fourth-order valence-corrected chi connectivity index (χ4v) is 1.50. The molecule has 1 N–H and O–H groups in total. The molecule has 0 fully saturated rings. The Bertz CT molecular complexity index is 202. The SMILES string of the molecule is C=C(C)C(=O)O.C=C[Si](OC)(OC)OC. The fraction of sp³-hybridized carbons (Fsp3) is 0.444. The molecule has 0 saturated carbocycles. The first-order valence-corrected chi connectivity index (χ1v) is 5.87. The standard InChI is InChI=1S/C5H12O3Si.C4H6O2/c1-5-9(6-2,7-3)8-4;1-3(2)4(5)6/h5H,1H2,2-4H3;1H2,2H3,(H,5,6). The third-order valence-electron chi connectivity index (χ3n) is 1.47. The van der Waals surface area contributed by atoms with E-state index < -0.39 is 14.8 Å². The van der Waals surface area contributed by atoms with Gasteiger partial charge in [0.15, 0.2) is 0 Å². The lowest BCUT2D eigenvalue weighted by Crippen LogP contribution is -2.40. The van der Waals surface area contributed by atoms with Gasteiger partial charge in [-0.15, -0.1) is 0 Å². The molecular weight excluding hydrogens is 216 g/mol. The van der Waals surface area contributed by atoms with Crippen molar-refractivity contribution in [2.45, 2.75) is 6.92 Å². The Balaban J connectivity index is 0. The molecule has 0 unspecified atom stereocenters. The van der Waals surface area contributed by atoms with Crippen molar-refractivity contribution < 1.29 is 23.2 Å². The molecule has 0 rings (SSSR count). The van der Waals surface area contributed by atoms with Gasteiger partial charge in [-0.25, -0.2) is 4.79 Å². The normalized spacial score (nSPS) is 9.87. The van der Waals surface area contributed by atoms with Crippen LogP contribution in [0, 0.1) is 0 Å². The van der Waals surface area contributed by atoms with E-state index in [0.29, 0.717) is 0 Å². The Hall–Kier alpha value is -0.953. The number of carboxylic acid groups (broad SMARTS) is 1. The van der Waals surface area contributed by atoms with Crippen LogP contribution in [0.5, 0.6) is 0 Å². The molecule has 0 aromatic rings. The molecule has 5 nitrogen and oxygen atoms in total. The number of carbonyl (C=O) groups is 1. The number of aliphatic carboxylic acids is 1. The van der Waals surface area contributed by atoms with Crippen LogP contribution in [0.25, 0.3) is 0 Å². The molecule has 0 bridgehead atoms. The van der Waals surface area contributed by atoms with Crippen LogP contribution in [-0.2, 0) is 18.1 Å². The molecule has 0 atom stereocenters. The van der Waals surface area contributed by atoms with Gasteiger partial charge in [0.25, 0.3) is 0 Å². The van der Waals surface area contributed by atoms with Crippen molar-refractivity contribution >= 4 is 14.8 Å². The molecule has 0 amide bonds. The Morgan fingerprint density at radius 1 is 1.27 bits per heavy atom. The molecule has 0 aliphatic carbocycles. The van der Waals surface area contributed by atoms with Gasteiger partial charge in [0.05, 0.1) is 0 Å². The summed E-state index contributed by atoms with van der Waals surface area (Å²) >= 11 is 0. The van der Waals surface area contributed by atoms with Crippen molar-refractivity contribution in [3.63, 3.8) is 0 Å². The monoisotopic (exact) mass is 234 g/mol. The van der Waals surface area contributed by atoms with Crippen molar-refractivity contribution in [1.29, 1.82) is 0 Å². The highest BCUT2D eigenvalue weighted by atomic mass is 28.4. The fourth-order valence-electron chi connectivity index (χ4n) is 0.500. The van der Waals surface area contributed by atoms with Crippen molar-refractivity contribution in [3.05, 3.63) is 24.4 Å². The lowest BCUT2D eigenvalue weighted by molar-refractivity contribution is -0.132. The summed E-state index contributed by atoms with van der Waals surface area (Å²) in [5.41, 5.74) is 1.75. The van der Waals surface area contributed by atoms with E-state index >= 15 is 0 Å².